The van der Waals surface area contributed by atoms with Crippen LogP contribution in [0.2, 0.25) is 0 Å². The van der Waals surface area contributed by atoms with E-state index in [2.05, 4.69) is 25.8 Å². The first kappa shape index (κ1) is 11.6. The normalized spacial score (nSPS) is 12.0. The molecule has 2 aromatic rings. The average Bonchev–Trinajstić information content (AvgIpc) is 2.55. The van der Waals surface area contributed by atoms with Crippen molar-refractivity contribution in [3.63, 3.8) is 0 Å². The lowest BCUT2D eigenvalue weighted by atomic mass is 9.96. The van der Waals surface area contributed by atoms with E-state index in [9.17, 15) is 4.79 Å². The fourth-order valence-electron chi connectivity index (χ4n) is 1.90. The smallest absolute Gasteiger partial charge is 0.337 e. The van der Waals surface area contributed by atoms with Crippen molar-refractivity contribution in [1.82, 2.24) is 9.38 Å². The summed E-state index contributed by atoms with van der Waals surface area (Å²) in [6, 6.07) is 3.42. The fourth-order valence-corrected chi connectivity index (χ4v) is 1.90. The predicted octanol–water partition coefficient (Wildman–Crippen LogP) is 2.64. The van der Waals surface area contributed by atoms with Crippen LogP contribution in [0.15, 0.2) is 18.3 Å². The van der Waals surface area contributed by atoms with Gasteiger partial charge in [0, 0.05) is 11.6 Å². The molecule has 2 heterocycles. The number of pyridine rings is 1. The van der Waals surface area contributed by atoms with Crippen molar-refractivity contribution in [3.8, 4) is 0 Å². The lowest BCUT2D eigenvalue weighted by molar-refractivity contribution is 0.0696. The second-order valence-electron chi connectivity index (χ2n) is 5.25. The van der Waals surface area contributed by atoms with Gasteiger partial charge in [0.25, 0.3) is 0 Å². The monoisotopic (exact) mass is 232 g/mol. The zero-order valence-electron chi connectivity index (χ0n) is 10.5. The standard InChI is InChI=1S/C13H16N2O2/c1-8-10-6-5-9(11(16)17)7-15(10)12(14-8)13(2,3)4/h5-7H,1-4H3,(H,16,17). The second-order valence-corrected chi connectivity index (χ2v) is 5.25. The summed E-state index contributed by atoms with van der Waals surface area (Å²) in [5.74, 6) is -0.0359. The van der Waals surface area contributed by atoms with Crippen LogP contribution in [0.25, 0.3) is 5.52 Å². The summed E-state index contributed by atoms with van der Waals surface area (Å²) in [6.07, 6.45) is 1.64. The van der Waals surface area contributed by atoms with Gasteiger partial charge in [0.2, 0.25) is 0 Å². The molecule has 0 aliphatic heterocycles. The Morgan fingerprint density at radius 1 is 1.35 bits per heavy atom. The molecule has 0 atom stereocenters. The summed E-state index contributed by atoms with van der Waals surface area (Å²) in [4.78, 5) is 15.5. The molecule has 0 aliphatic rings. The third-order valence-electron chi connectivity index (χ3n) is 2.74. The molecule has 90 valence electrons. The Morgan fingerprint density at radius 3 is 2.53 bits per heavy atom. The van der Waals surface area contributed by atoms with Crippen LogP contribution in [-0.2, 0) is 5.41 Å². The van der Waals surface area contributed by atoms with Crippen LogP contribution < -0.4 is 0 Å². The quantitative estimate of drug-likeness (QED) is 0.822. The molecular weight excluding hydrogens is 216 g/mol. The number of carbonyl (C=O) groups is 1. The van der Waals surface area contributed by atoms with Crippen LogP contribution in [0.3, 0.4) is 0 Å². The molecule has 2 rings (SSSR count). The number of fused-ring (bicyclic) bond motifs is 1. The van der Waals surface area contributed by atoms with Gasteiger partial charge in [0.05, 0.1) is 16.8 Å². The van der Waals surface area contributed by atoms with Crippen LogP contribution in [0.1, 0.15) is 42.6 Å². The van der Waals surface area contributed by atoms with E-state index in [1.807, 2.05) is 11.3 Å². The second kappa shape index (κ2) is 3.58. The van der Waals surface area contributed by atoms with Crippen LogP contribution >= 0.6 is 0 Å². The summed E-state index contributed by atoms with van der Waals surface area (Å²) >= 11 is 0. The first-order valence-corrected chi connectivity index (χ1v) is 5.53. The van der Waals surface area contributed by atoms with E-state index in [1.54, 1.807) is 18.3 Å². The van der Waals surface area contributed by atoms with Gasteiger partial charge >= 0.3 is 5.97 Å². The third kappa shape index (κ3) is 1.90. The molecule has 4 nitrogen and oxygen atoms in total. The van der Waals surface area contributed by atoms with Crippen molar-refractivity contribution in [2.75, 3.05) is 0 Å². The first-order valence-electron chi connectivity index (χ1n) is 5.53. The number of rotatable bonds is 1. The summed E-state index contributed by atoms with van der Waals surface area (Å²) < 4.78 is 1.87. The number of aromatic carboxylic acids is 1. The van der Waals surface area contributed by atoms with Gasteiger partial charge in [-0.2, -0.15) is 0 Å². The summed E-state index contributed by atoms with van der Waals surface area (Å²) in [5.41, 5.74) is 2.04. The van der Waals surface area contributed by atoms with Crippen molar-refractivity contribution in [2.45, 2.75) is 33.1 Å². The number of carboxylic acid groups (broad SMARTS) is 1. The maximum Gasteiger partial charge on any atom is 0.337 e. The molecule has 0 amide bonds. The number of carboxylic acids is 1. The number of aryl methyl sites for hydroxylation is 1. The van der Waals surface area contributed by atoms with Crippen molar-refractivity contribution in [3.05, 3.63) is 35.4 Å². The number of hydrogen-bond donors (Lipinski definition) is 1. The van der Waals surface area contributed by atoms with Gasteiger partial charge in [-0.05, 0) is 19.1 Å². The molecule has 0 spiro atoms. The summed E-state index contributed by atoms with van der Waals surface area (Å²) in [5, 5.41) is 9.01. The molecule has 1 N–H and O–H groups in total. The minimum Gasteiger partial charge on any atom is -0.478 e. The number of imidazole rings is 1. The van der Waals surface area contributed by atoms with E-state index in [4.69, 9.17) is 5.11 Å². The molecule has 17 heavy (non-hydrogen) atoms. The van der Waals surface area contributed by atoms with Crippen LogP contribution in [0, 0.1) is 6.92 Å². The third-order valence-corrected chi connectivity index (χ3v) is 2.74. The lowest BCUT2D eigenvalue weighted by Gasteiger charge is -2.16. The molecule has 0 saturated heterocycles. The summed E-state index contributed by atoms with van der Waals surface area (Å²) in [7, 11) is 0. The van der Waals surface area contributed by atoms with Gasteiger partial charge in [-0.15, -0.1) is 0 Å². The van der Waals surface area contributed by atoms with E-state index in [1.165, 1.54) is 0 Å². The zero-order chi connectivity index (χ0) is 12.8. The molecule has 0 unspecified atom stereocenters. The average molecular weight is 232 g/mol. The Labute approximate surface area is 99.9 Å². The highest BCUT2D eigenvalue weighted by Gasteiger charge is 2.21. The molecule has 0 aromatic carbocycles. The summed E-state index contributed by atoms with van der Waals surface area (Å²) in [6.45, 7) is 8.13. The van der Waals surface area contributed by atoms with E-state index in [0.717, 1.165) is 17.0 Å². The van der Waals surface area contributed by atoms with Gasteiger partial charge in [-0.3, -0.25) is 0 Å². The minimum absolute atomic E-state index is 0.117. The number of aromatic nitrogens is 2. The Balaban J connectivity index is 2.78. The SMILES string of the molecule is Cc1nc(C(C)(C)C)n2cc(C(=O)O)ccc12. The number of hydrogen-bond acceptors (Lipinski definition) is 2. The molecule has 0 saturated carbocycles. The molecule has 0 aliphatic carbocycles. The zero-order valence-corrected chi connectivity index (χ0v) is 10.5. The van der Waals surface area contributed by atoms with E-state index in [0.29, 0.717) is 0 Å². The predicted molar refractivity (Wildman–Crippen MR) is 65.6 cm³/mol. The van der Waals surface area contributed by atoms with Gasteiger partial charge in [0.1, 0.15) is 5.82 Å². The van der Waals surface area contributed by atoms with Crippen LogP contribution in [-0.4, -0.2) is 20.5 Å². The van der Waals surface area contributed by atoms with Crippen molar-refractivity contribution in [2.24, 2.45) is 0 Å². The van der Waals surface area contributed by atoms with Gasteiger partial charge in [0.15, 0.2) is 0 Å². The molecule has 0 fully saturated rings. The highest BCUT2D eigenvalue weighted by molar-refractivity contribution is 5.87. The topological polar surface area (TPSA) is 54.6 Å². The molecule has 4 heteroatoms. The van der Waals surface area contributed by atoms with Gasteiger partial charge in [-0.25, -0.2) is 9.78 Å². The van der Waals surface area contributed by atoms with E-state index in [-0.39, 0.29) is 11.0 Å². The Hall–Kier alpha value is -1.84. The van der Waals surface area contributed by atoms with Crippen molar-refractivity contribution in [1.29, 1.82) is 0 Å². The molecule has 2 aromatic heterocycles. The molecule has 0 radical (unpaired) electrons. The fraction of sp³-hybridized carbons (Fsp3) is 0.385. The van der Waals surface area contributed by atoms with Crippen LogP contribution in [0.4, 0.5) is 0 Å². The van der Waals surface area contributed by atoms with Crippen LogP contribution in [0.5, 0.6) is 0 Å². The Morgan fingerprint density at radius 2 is 2.00 bits per heavy atom. The minimum atomic E-state index is -0.918. The highest BCUT2D eigenvalue weighted by Crippen LogP contribution is 2.24. The molecule has 0 bridgehead atoms. The Kier molecular flexibility index (Phi) is 2.45. The Bertz CT molecular complexity index is 591. The lowest BCUT2D eigenvalue weighted by Crippen LogP contribution is -2.16. The van der Waals surface area contributed by atoms with E-state index >= 15 is 0 Å². The largest absolute Gasteiger partial charge is 0.478 e. The highest BCUT2D eigenvalue weighted by atomic mass is 16.4. The van der Waals surface area contributed by atoms with Gasteiger partial charge in [-0.1, -0.05) is 20.8 Å². The maximum absolute atomic E-state index is 11.0. The number of nitrogens with zero attached hydrogens (tertiary/aromatic N) is 2. The van der Waals surface area contributed by atoms with Gasteiger partial charge < -0.3 is 9.51 Å². The molecular formula is C13H16N2O2. The van der Waals surface area contributed by atoms with E-state index < -0.39 is 5.97 Å². The van der Waals surface area contributed by atoms with Crippen molar-refractivity contribution >= 4 is 11.5 Å². The maximum atomic E-state index is 11.0. The first-order chi connectivity index (χ1) is 7.80. The van der Waals surface area contributed by atoms with Crippen molar-refractivity contribution < 1.29 is 9.90 Å².